The van der Waals surface area contributed by atoms with E-state index in [0.29, 0.717) is 16.5 Å². The van der Waals surface area contributed by atoms with Gasteiger partial charge in [-0.3, -0.25) is 9.69 Å². The fourth-order valence-corrected chi connectivity index (χ4v) is 2.83. The summed E-state index contributed by atoms with van der Waals surface area (Å²) in [6.45, 7) is 0. The molecule has 1 saturated heterocycles. The highest BCUT2D eigenvalue weighted by atomic mass is 32.1. The van der Waals surface area contributed by atoms with Crippen molar-refractivity contribution in [2.75, 3.05) is 31.0 Å². The first-order valence-corrected chi connectivity index (χ1v) is 8.19. The molecule has 1 N–H and O–H groups in total. The molecule has 0 atom stereocenters. The third-order valence-electron chi connectivity index (χ3n) is 3.93. The predicted octanol–water partition coefficient (Wildman–Crippen LogP) is 3.02. The molecular weight excluding hydrogens is 334 g/mol. The number of benzene rings is 2. The molecule has 1 fully saturated rings. The maximum Gasteiger partial charge on any atom is 0.281 e. The summed E-state index contributed by atoms with van der Waals surface area (Å²) >= 11 is 5.32. The minimum atomic E-state index is -0.174. The van der Waals surface area contributed by atoms with Crippen LogP contribution >= 0.6 is 12.2 Å². The number of nitrogens with one attached hydrogen (secondary N) is 1. The molecule has 0 aromatic heterocycles. The predicted molar refractivity (Wildman–Crippen MR) is 105 cm³/mol. The zero-order valence-electron chi connectivity index (χ0n) is 14.3. The van der Waals surface area contributed by atoms with Crippen LogP contribution in [0, 0.1) is 0 Å². The topological polar surface area (TPSA) is 44.8 Å². The van der Waals surface area contributed by atoms with Crippen molar-refractivity contribution in [1.29, 1.82) is 0 Å². The summed E-state index contributed by atoms with van der Waals surface area (Å²) in [6, 6.07) is 15.2. The van der Waals surface area contributed by atoms with Crippen molar-refractivity contribution in [3.05, 3.63) is 59.8 Å². The zero-order valence-corrected chi connectivity index (χ0v) is 15.1. The Balaban J connectivity index is 1.84. The maximum absolute atomic E-state index is 12.7. The molecule has 0 radical (unpaired) electrons. The molecule has 1 aliphatic heterocycles. The van der Waals surface area contributed by atoms with Crippen LogP contribution in [0.5, 0.6) is 5.75 Å². The third kappa shape index (κ3) is 3.49. The van der Waals surface area contributed by atoms with Crippen LogP contribution in [-0.2, 0) is 4.79 Å². The molecule has 0 unspecified atom stereocenters. The number of anilines is 2. The van der Waals surface area contributed by atoms with Gasteiger partial charge in [-0.1, -0.05) is 12.1 Å². The summed E-state index contributed by atoms with van der Waals surface area (Å²) in [6.07, 6.45) is 1.80. The Hall–Kier alpha value is -2.86. The Kier molecular flexibility index (Phi) is 4.72. The van der Waals surface area contributed by atoms with Gasteiger partial charge in [0.05, 0.1) is 12.8 Å². The van der Waals surface area contributed by atoms with E-state index in [-0.39, 0.29) is 5.91 Å². The van der Waals surface area contributed by atoms with E-state index < -0.39 is 0 Å². The van der Waals surface area contributed by atoms with Crippen LogP contribution in [0.15, 0.2) is 54.2 Å². The van der Waals surface area contributed by atoms with Crippen molar-refractivity contribution in [2.24, 2.45) is 0 Å². The second-order valence-electron chi connectivity index (χ2n) is 5.81. The van der Waals surface area contributed by atoms with Gasteiger partial charge in [0.1, 0.15) is 11.4 Å². The van der Waals surface area contributed by atoms with Crippen molar-refractivity contribution in [1.82, 2.24) is 5.32 Å². The number of carbonyl (C=O) groups is 1. The summed E-state index contributed by atoms with van der Waals surface area (Å²) in [5.41, 5.74) is 3.19. The summed E-state index contributed by atoms with van der Waals surface area (Å²) in [5, 5.41) is 3.36. The van der Waals surface area contributed by atoms with E-state index in [1.54, 1.807) is 37.5 Å². The smallest absolute Gasteiger partial charge is 0.281 e. The zero-order chi connectivity index (χ0) is 18.0. The highest BCUT2D eigenvalue weighted by Crippen LogP contribution is 2.25. The average Bonchev–Trinajstić information content (AvgIpc) is 2.89. The summed E-state index contributed by atoms with van der Waals surface area (Å²) in [7, 11) is 5.58. The Bertz CT molecular complexity index is 827. The summed E-state index contributed by atoms with van der Waals surface area (Å²) in [5.74, 6) is 0.554. The third-order valence-corrected chi connectivity index (χ3v) is 4.21. The quantitative estimate of drug-likeness (QED) is 0.676. The number of nitrogens with zero attached hydrogens (tertiary/aromatic N) is 2. The molecule has 2 aromatic rings. The molecule has 1 amide bonds. The first kappa shape index (κ1) is 17.0. The molecule has 128 valence electrons. The molecule has 0 aliphatic carbocycles. The number of amides is 1. The Morgan fingerprint density at radius 1 is 1.08 bits per heavy atom. The minimum Gasteiger partial charge on any atom is -0.497 e. The second-order valence-corrected chi connectivity index (χ2v) is 6.20. The normalized spacial score (nSPS) is 15.5. The van der Waals surface area contributed by atoms with E-state index in [4.69, 9.17) is 17.0 Å². The standard InChI is InChI=1S/C19H19N3O2S/c1-21(2)14-6-4-13(5-7-14)12-17-18(23)22(19(25)20-17)15-8-10-16(24-3)11-9-15/h4-12H,1-3H3,(H,20,25). The van der Waals surface area contributed by atoms with Crippen LogP contribution in [0.4, 0.5) is 11.4 Å². The van der Waals surface area contributed by atoms with Crippen molar-refractivity contribution >= 4 is 40.7 Å². The van der Waals surface area contributed by atoms with Crippen LogP contribution < -0.4 is 19.9 Å². The Morgan fingerprint density at radius 3 is 2.28 bits per heavy atom. The van der Waals surface area contributed by atoms with Crippen LogP contribution in [-0.4, -0.2) is 32.2 Å². The van der Waals surface area contributed by atoms with Crippen molar-refractivity contribution < 1.29 is 9.53 Å². The fraction of sp³-hybridized carbons (Fsp3) is 0.158. The summed E-state index contributed by atoms with van der Waals surface area (Å²) in [4.78, 5) is 16.2. The number of hydrogen-bond donors (Lipinski definition) is 1. The Morgan fingerprint density at radius 2 is 1.72 bits per heavy atom. The number of hydrogen-bond acceptors (Lipinski definition) is 4. The number of rotatable bonds is 4. The molecule has 2 aromatic carbocycles. The molecule has 0 spiro atoms. The fourth-order valence-electron chi connectivity index (χ4n) is 2.54. The largest absolute Gasteiger partial charge is 0.497 e. The number of ether oxygens (including phenoxy) is 1. The molecule has 5 nitrogen and oxygen atoms in total. The molecule has 1 heterocycles. The van der Waals surface area contributed by atoms with E-state index in [1.807, 2.05) is 43.3 Å². The van der Waals surface area contributed by atoms with E-state index in [1.165, 1.54) is 4.90 Å². The molecule has 1 aliphatic rings. The van der Waals surface area contributed by atoms with Crippen LogP contribution in [0.1, 0.15) is 5.56 Å². The molecular formula is C19H19N3O2S. The lowest BCUT2D eigenvalue weighted by Crippen LogP contribution is -2.30. The lowest BCUT2D eigenvalue weighted by molar-refractivity contribution is -0.113. The minimum absolute atomic E-state index is 0.174. The first-order chi connectivity index (χ1) is 12.0. The van der Waals surface area contributed by atoms with Gasteiger partial charge in [-0.2, -0.15) is 0 Å². The second kappa shape index (κ2) is 6.94. The van der Waals surface area contributed by atoms with Gasteiger partial charge in [0.2, 0.25) is 0 Å². The van der Waals surface area contributed by atoms with Gasteiger partial charge in [-0.25, -0.2) is 0 Å². The van der Waals surface area contributed by atoms with Gasteiger partial charge in [0, 0.05) is 19.8 Å². The Labute approximate surface area is 152 Å². The first-order valence-electron chi connectivity index (χ1n) is 7.78. The highest BCUT2D eigenvalue weighted by molar-refractivity contribution is 7.80. The van der Waals surface area contributed by atoms with Crippen molar-refractivity contribution in [3.63, 3.8) is 0 Å². The average molecular weight is 353 g/mol. The number of thiocarbonyl (C=S) groups is 1. The van der Waals surface area contributed by atoms with Crippen molar-refractivity contribution in [3.8, 4) is 5.75 Å². The van der Waals surface area contributed by atoms with Gasteiger partial charge >= 0.3 is 0 Å². The maximum atomic E-state index is 12.7. The van der Waals surface area contributed by atoms with Gasteiger partial charge < -0.3 is 15.0 Å². The number of methoxy groups -OCH3 is 1. The van der Waals surface area contributed by atoms with Gasteiger partial charge in [0.25, 0.3) is 5.91 Å². The lowest BCUT2D eigenvalue weighted by Gasteiger charge is -2.14. The van der Waals surface area contributed by atoms with E-state index in [9.17, 15) is 4.79 Å². The van der Waals surface area contributed by atoms with Crippen molar-refractivity contribution in [2.45, 2.75) is 0 Å². The summed E-state index contributed by atoms with van der Waals surface area (Å²) < 4.78 is 5.15. The lowest BCUT2D eigenvalue weighted by atomic mass is 10.1. The molecule has 3 rings (SSSR count). The van der Waals surface area contributed by atoms with Gasteiger partial charge in [-0.05, 0) is 60.3 Å². The molecule has 0 saturated carbocycles. The van der Waals surface area contributed by atoms with Crippen LogP contribution in [0.25, 0.3) is 6.08 Å². The van der Waals surface area contributed by atoms with Crippen LogP contribution in [0.3, 0.4) is 0 Å². The van der Waals surface area contributed by atoms with E-state index >= 15 is 0 Å². The highest BCUT2D eigenvalue weighted by Gasteiger charge is 2.31. The van der Waals surface area contributed by atoms with Crippen LogP contribution in [0.2, 0.25) is 0 Å². The van der Waals surface area contributed by atoms with Gasteiger partial charge in [-0.15, -0.1) is 0 Å². The van der Waals surface area contributed by atoms with E-state index in [0.717, 1.165) is 17.0 Å². The van der Waals surface area contributed by atoms with Gasteiger partial charge in [0.15, 0.2) is 5.11 Å². The molecule has 25 heavy (non-hydrogen) atoms. The van der Waals surface area contributed by atoms with E-state index in [2.05, 4.69) is 5.32 Å². The molecule has 0 bridgehead atoms. The SMILES string of the molecule is COc1ccc(N2C(=O)C(=Cc3ccc(N(C)C)cc3)NC2=S)cc1. The monoisotopic (exact) mass is 353 g/mol. The number of carbonyl (C=O) groups excluding carboxylic acids is 1. The molecule has 6 heteroatoms.